The summed E-state index contributed by atoms with van der Waals surface area (Å²) in [5.41, 5.74) is 1.58. The molecule has 2 unspecified atom stereocenters. The molecule has 0 amide bonds. The maximum absolute atomic E-state index is 10.7. The van der Waals surface area contributed by atoms with E-state index in [1.165, 1.54) is 0 Å². The van der Waals surface area contributed by atoms with Crippen molar-refractivity contribution >= 4 is 0 Å². The lowest BCUT2D eigenvalue weighted by atomic mass is 9.87. The number of aliphatic hydroxyl groups is 1. The van der Waals surface area contributed by atoms with E-state index in [1.807, 2.05) is 0 Å². The lowest BCUT2D eigenvalue weighted by molar-refractivity contribution is 0.0882. The number of rotatable bonds is 3. The normalized spacial score (nSPS) is 20.0. The lowest BCUT2D eigenvalue weighted by Gasteiger charge is -2.31. The van der Waals surface area contributed by atoms with Gasteiger partial charge in [0.1, 0.15) is 11.5 Å². The van der Waals surface area contributed by atoms with Crippen LogP contribution in [-0.4, -0.2) is 31.0 Å². The minimum atomic E-state index is -0.715. The van der Waals surface area contributed by atoms with Crippen molar-refractivity contribution in [2.24, 2.45) is 0 Å². The van der Waals surface area contributed by atoms with Gasteiger partial charge in [-0.1, -0.05) is 12.1 Å². The van der Waals surface area contributed by atoms with Crippen molar-refractivity contribution < 1.29 is 24.4 Å². The van der Waals surface area contributed by atoms with Crippen LogP contribution >= 0.6 is 0 Å². The van der Waals surface area contributed by atoms with E-state index in [0.717, 1.165) is 5.56 Å². The molecule has 2 aromatic rings. The van der Waals surface area contributed by atoms with Gasteiger partial charge in [-0.25, -0.2) is 0 Å². The Kier molecular flexibility index (Phi) is 3.81. The molecule has 2 N–H and O–H groups in total. The number of ether oxygens (including phenoxy) is 3. The Balaban J connectivity index is 1.97. The van der Waals surface area contributed by atoms with Crippen molar-refractivity contribution in [1.29, 1.82) is 0 Å². The van der Waals surface area contributed by atoms with Crippen molar-refractivity contribution in [3.63, 3.8) is 0 Å². The molecular formula is C17H18O5. The molecule has 0 saturated carbocycles. The van der Waals surface area contributed by atoms with E-state index in [9.17, 15) is 10.2 Å². The molecule has 5 heteroatoms. The van der Waals surface area contributed by atoms with E-state index in [2.05, 4.69) is 0 Å². The molecule has 2 atom stereocenters. The first-order valence-electron chi connectivity index (χ1n) is 6.99. The Morgan fingerprint density at radius 3 is 2.32 bits per heavy atom. The summed E-state index contributed by atoms with van der Waals surface area (Å²) in [6, 6.07) is 10.3. The molecule has 0 aliphatic carbocycles. The summed E-state index contributed by atoms with van der Waals surface area (Å²) < 4.78 is 16.3. The SMILES string of the molecule is COc1cc2c(cc1OC)C(O)C(c1ccc(O)cc1)CO2. The fourth-order valence-corrected chi connectivity index (χ4v) is 2.72. The first-order valence-corrected chi connectivity index (χ1v) is 6.99. The number of aromatic hydroxyl groups is 1. The van der Waals surface area contributed by atoms with Gasteiger partial charge in [0.15, 0.2) is 11.5 Å². The highest BCUT2D eigenvalue weighted by atomic mass is 16.5. The van der Waals surface area contributed by atoms with Crippen molar-refractivity contribution in [3.8, 4) is 23.0 Å². The van der Waals surface area contributed by atoms with Crippen LogP contribution < -0.4 is 14.2 Å². The number of fused-ring (bicyclic) bond motifs is 1. The van der Waals surface area contributed by atoms with Crippen LogP contribution in [0.5, 0.6) is 23.0 Å². The second kappa shape index (κ2) is 5.77. The third-order valence-corrected chi connectivity index (χ3v) is 3.96. The first kappa shape index (κ1) is 14.5. The summed E-state index contributed by atoms with van der Waals surface area (Å²) in [5, 5.41) is 20.1. The fourth-order valence-electron chi connectivity index (χ4n) is 2.72. The van der Waals surface area contributed by atoms with Crippen LogP contribution in [0.4, 0.5) is 0 Å². The van der Waals surface area contributed by atoms with Crippen molar-refractivity contribution in [2.45, 2.75) is 12.0 Å². The van der Waals surface area contributed by atoms with E-state index in [-0.39, 0.29) is 11.7 Å². The van der Waals surface area contributed by atoms with Crippen LogP contribution in [0, 0.1) is 0 Å². The van der Waals surface area contributed by atoms with Crippen LogP contribution in [0.15, 0.2) is 36.4 Å². The molecule has 5 nitrogen and oxygen atoms in total. The highest BCUT2D eigenvalue weighted by molar-refractivity contribution is 5.53. The summed E-state index contributed by atoms with van der Waals surface area (Å²) in [5.74, 6) is 1.71. The number of hydrogen-bond acceptors (Lipinski definition) is 5. The molecule has 22 heavy (non-hydrogen) atoms. The molecular weight excluding hydrogens is 284 g/mol. The Hall–Kier alpha value is -2.40. The quantitative estimate of drug-likeness (QED) is 0.912. The molecule has 0 saturated heterocycles. The van der Waals surface area contributed by atoms with Gasteiger partial charge in [0, 0.05) is 17.5 Å². The summed E-state index contributed by atoms with van der Waals surface area (Å²) in [4.78, 5) is 0. The number of phenolic OH excluding ortho intramolecular Hbond substituents is 1. The van der Waals surface area contributed by atoms with E-state index in [4.69, 9.17) is 14.2 Å². The zero-order chi connectivity index (χ0) is 15.7. The van der Waals surface area contributed by atoms with Crippen molar-refractivity contribution in [3.05, 3.63) is 47.5 Å². The standard InChI is InChI=1S/C17H18O5/c1-20-15-7-12-14(8-16(15)21-2)22-9-13(17(12)19)10-3-5-11(18)6-4-10/h3-8,13,17-19H,9H2,1-2H3. The second-order valence-electron chi connectivity index (χ2n) is 5.20. The zero-order valence-electron chi connectivity index (χ0n) is 12.4. The monoisotopic (exact) mass is 302 g/mol. The lowest BCUT2D eigenvalue weighted by Crippen LogP contribution is -2.24. The Bertz CT molecular complexity index is 665. The molecule has 0 bridgehead atoms. The van der Waals surface area contributed by atoms with Gasteiger partial charge in [-0.3, -0.25) is 0 Å². The number of phenols is 1. The maximum atomic E-state index is 10.7. The van der Waals surface area contributed by atoms with Gasteiger partial charge >= 0.3 is 0 Å². The average molecular weight is 302 g/mol. The van der Waals surface area contributed by atoms with Crippen LogP contribution in [0.3, 0.4) is 0 Å². The van der Waals surface area contributed by atoms with Gasteiger partial charge in [-0.2, -0.15) is 0 Å². The summed E-state index contributed by atoms with van der Waals surface area (Å²) in [7, 11) is 3.11. The summed E-state index contributed by atoms with van der Waals surface area (Å²) in [6.45, 7) is 0.356. The van der Waals surface area contributed by atoms with Gasteiger partial charge in [-0.05, 0) is 23.8 Å². The predicted molar refractivity (Wildman–Crippen MR) is 80.8 cm³/mol. The van der Waals surface area contributed by atoms with Gasteiger partial charge < -0.3 is 24.4 Å². The van der Waals surface area contributed by atoms with Crippen LogP contribution in [0.25, 0.3) is 0 Å². The minimum absolute atomic E-state index is 0.196. The van der Waals surface area contributed by atoms with Crippen LogP contribution in [0.1, 0.15) is 23.1 Å². The zero-order valence-corrected chi connectivity index (χ0v) is 12.4. The van der Waals surface area contributed by atoms with Gasteiger partial charge in [0.25, 0.3) is 0 Å². The molecule has 1 aliphatic heterocycles. The highest BCUT2D eigenvalue weighted by Gasteiger charge is 2.32. The number of hydrogen-bond donors (Lipinski definition) is 2. The van der Waals surface area contributed by atoms with E-state index < -0.39 is 6.10 Å². The first-order chi connectivity index (χ1) is 10.6. The topological polar surface area (TPSA) is 68.2 Å². The van der Waals surface area contributed by atoms with E-state index >= 15 is 0 Å². The van der Waals surface area contributed by atoms with Crippen molar-refractivity contribution in [2.75, 3.05) is 20.8 Å². The van der Waals surface area contributed by atoms with E-state index in [1.54, 1.807) is 50.6 Å². The molecule has 0 aromatic heterocycles. The van der Waals surface area contributed by atoms with Crippen LogP contribution in [-0.2, 0) is 0 Å². The number of benzene rings is 2. The Labute approximate surface area is 128 Å². The number of methoxy groups -OCH3 is 2. The summed E-state index contributed by atoms with van der Waals surface area (Å²) in [6.07, 6.45) is -0.715. The summed E-state index contributed by atoms with van der Waals surface area (Å²) >= 11 is 0. The molecule has 1 heterocycles. The third-order valence-electron chi connectivity index (χ3n) is 3.96. The maximum Gasteiger partial charge on any atom is 0.164 e. The smallest absolute Gasteiger partial charge is 0.164 e. The molecule has 1 aliphatic rings. The second-order valence-corrected chi connectivity index (χ2v) is 5.20. The van der Waals surface area contributed by atoms with Gasteiger partial charge in [-0.15, -0.1) is 0 Å². The average Bonchev–Trinajstić information content (AvgIpc) is 2.55. The molecule has 0 spiro atoms. The van der Waals surface area contributed by atoms with Crippen molar-refractivity contribution in [1.82, 2.24) is 0 Å². The van der Waals surface area contributed by atoms with Gasteiger partial charge in [0.2, 0.25) is 0 Å². The predicted octanol–water partition coefficient (Wildman–Crippen LogP) is 2.62. The third kappa shape index (κ3) is 2.44. The molecule has 0 fully saturated rings. The van der Waals surface area contributed by atoms with E-state index in [0.29, 0.717) is 29.4 Å². The molecule has 116 valence electrons. The number of aliphatic hydroxyl groups excluding tert-OH is 1. The van der Waals surface area contributed by atoms with Crippen LogP contribution in [0.2, 0.25) is 0 Å². The minimum Gasteiger partial charge on any atom is -0.508 e. The largest absolute Gasteiger partial charge is 0.508 e. The highest BCUT2D eigenvalue weighted by Crippen LogP contribution is 2.45. The molecule has 3 rings (SSSR count). The Morgan fingerprint density at radius 1 is 1.05 bits per heavy atom. The fraction of sp³-hybridized carbons (Fsp3) is 0.294. The molecule has 0 radical (unpaired) electrons. The Morgan fingerprint density at radius 2 is 1.68 bits per heavy atom. The van der Waals surface area contributed by atoms with Gasteiger partial charge in [0.05, 0.1) is 26.9 Å². The molecule has 2 aromatic carbocycles.